The van der Waals surface area contributed by atoms with Crippen molar-refractivity contribution in [3.05, 3.63) is 35.5 Å². The summed E-state index contributed by atoms with van der Waals surface area (Å²) < 4.78 is 0. The Morgan fingerprint density at radius 2 is 2.27 bits per heavy atom. The number of carbonyl (C=O) groups is 1. The van der Waals surface area contributed by atoms with Crippen LogP contribution in [0.25, 0.3) is 0 Å². The third-order valence-electron chi connectivity index (χ3n) is 1.61. The van der Waals surface area contributed by atoms with E-state index in [1.807, 2.05) is 0 Å². The first kappa shape index (κ1) is 9.60. The number of carbonyl (C=O) groups excluding carboxylic acids is 1. The summed E-state index contributed by atoms with van der Waals surface area (Å²) in [5, 5.41) is 8.81. The van der Waals surface area contributed by atoms with Crippen molar-refractivity contribution in [2.75, 3.05) is 5.32 Å². The summed E-state index contributed by atoms with van der Waals surface area (Å²) in [6.07, 6.45) is 2.94. The van der Waals surface area contributed by atoms with Crippen LogP contribution in [0.4, 0.5) is 5.82 Å². The Morgan fingerprint density at radius 3 is 2.93 bits per heavy atom. The van der Waals surface area contributed by atoms with E-state index in [0.717, 1.165) is 0 Å². The molecule has 0 saturated carbocycles. The van der Waals surface area contributed by atoms with Crippen molar-refractivity contribution in [1.29, 1.82) is 0 Å². The van der Waals surface area contributed by atoms with Crippen molar-refractivity contribution in [1.82, 2.24) is 20.2 Å². The Balaban J connectivity index is 2.13. The monoisotopic (exact) mass is 223 g/mol. The molecule has 0 aliphatic carbocycles. The van der Waals surface area contributed by atoms with Gasteiger partial charge in [-0.2, -0.15) is 5.10 Å². The Labute approximate surface area is 89.7 Å². The van der Waals surface area contributed by atoms with Crippen LogP contribution in [-0.2, 0) is 0 Å². The quantitative estimate of drug-likeness (QED) is 0.747. The van der Waals surface area contributed by atoms with Crippen LogP contribution in [0.3, 0.4) is 0 Å². The molecule has 6 nitrogen and oxygen atoms in total. The average molecular weight is 224 g/mol. The van der Waals surface area contributed by atoms with E-state index in [-0.39, 0.29) is 11.2 Å². The van der Waals surface area contributed by atoms with Crippen LogP contribution in [-0.4, -0.2) is 26.1 Å². The van der Waals surface area contributed by atoms with Gasteiger partial charge in [0.2, 0.25) is 5.28 Å². The molecule has 2 aromatic rings. The molecule has 1 amide bonds. The Bertz CT molecular complexity index is 470. The number of H-pyrrole nitrogens is 1. The molecule has 0 radical (unpaired) electrons. The fourth-order valence-corrected chi connectivity index (χ4v) is 1.12. The number of nitrogens with zero attached hydrogens (tertiary/aromatic N) is 3. The van der Waals surface area contributed by atoms with Gasteiger partial charge in [0.15, 0.2) is 0 Å². The van der Waals surface area contributed by atoms with Gasteiger partial charge < -0.3 is 5.32 Å². The smallest absolute Gasteiger partial charge is 0.274 e. The topological polar surface area (TPSA) is 83.6 Å². The van der Waals surface area contributed by atoms with Gasteiger partial charge in [-0.1, -0.05) is 0 Å². The number of amides is 1. The van der Waals surface area contributed by atoms with E-state index in [4.69, 9.17) is 11.6 Å². The van der Waals surface area contributed by atoms with Gasteiger partial charge in [-0.15, -0.1) is 0 Å². The van der Waals surface area contributed by atoms with Crippen molar-refractivity contribution >= 4 is 23.3 Å². The summed E-state index contributed by atoms with van der Waals surface area (Å²) in [6.45, 7) is 0. The van der Waals surface area contributed by atoms with Gasteiger partial charge in [0, 0.05) is 12.4 Å². The molecular formula is C8H6ClN5O. The molecule has 0 aromatic carbocycles. The first-order valence-electron chi connectivity index (χ1n) is 4.05. The van der Waals surface area contributed by atoms with Gasteiger partial charge in [0.25, 0.3) is 5.91 Å². The summed E-state index contributed by atoms with van der Waals surface area (Å²) in [5.41, 5.74) is 0.352. The zero-order valence-corrected chi connectivity index (χ0v) is 8.19. The number of aromatic amines is 1. The third-order valence-corrected chi connectivity index (χ3v) is 1.80. The number of aromatic nitrogens is 4. The van der Waals surface area contributed by atoms with E-state index >= 15 is 0 Å². The minimum Gasteiger partial charge on any atom is -0.305 e. The average Bonchev–Trinajstić information content (AvgIpc) is 2.70. The molecule has 0 atom stereocenters. The minimum atomic E-state index is -0.331. The Morgan fingerprint density at radius 1 is 1.40 bits per heavy atom. The summed E-state index contributed by atoms with van der Waals surface area (Å²) in [7, 11) is 0. The standard InChI is InChI=1S/C8H6ClN5O/c9-8-10-3-2-6(13-8)12-7(15)5-1-4-11-14-5/h1-4H,(H,11,14)(H,10,12,13,15). The Hall–Kier alpha value is -1.95. The van der Waals surface area contributed by atoms with Crippen LogP contribution in [0.5, 0.6) is 0 Å². The molecule has 0 spiro atoms. The van der Waals surface area contributed by atoms with Gasteiger partial charge in [0.1, 0.15) is 11.5 Å². The molecule has 0 aliphatic rings. The molecule has 0 unspecified atom stereocenters. The number of rotatable bonds is 2. The maximum atomic E-state index is 11.5. The second-order valence-electron chi connectivity index (χ2n) is 2.64. The molecule has 2 rings (SSSR count). The van der Waals surface area contributed by atoms with Crippen LogP contribution in [0.15, 0.2) is 24.5 Å². The lowest BCUT2D eigenvalue weighted by atomic mass is 10.4. The van der Waals surface area contributed by atoms with E-state index in [0.29, 0.717) is 11.5 Å². The highest BCUT2D eigenvalue weighted by molar-refractivity contribution is 6.28. The lowest BCUT2D eigenvalue weighted by Crippen LogP contribution is -2.13. The van der Waals surface area contributed by atoms with Crippen LogP contribution in [0.2, 0.25) is 5.28 Å². The minimum absolute atomic E-state index is 0.0809. The molecule has 0 saturated heterocycles. The van der Waals surface area contributed by atoms with Gasteiger partial charge in [-0.3, -0.25) is 9.89 Å². The van der Waals surface area contributed by atoms with Gasteiger partial charge >= 0.3 is 0 Å². The number of hydrogen-bond donors (Lipinski definition) is 2. The first-order valence-corrected chi connectivity index (χ1v) is 4.43. The lowest BCUT2D eigenvalue weighted by molar-refractivity contribution is 0.102. The SMILES string of the molecule is O=C(Nc1ccnc(Cl)n1)c1ccn[nH]1. The van der Waals surface area contributed by atoms with Crippen molar-refractivity contribution < 1.29 is 4.79 Å². The predicted molar refractivity (Wildman–Crippen MR) is 53.6 cm³/mol. The van der Waals surface area contributed by atoms with Crippen molar-refractivity contribution in [3.63, 3.8) is 0 Å². The molecular weight excluding hydrogens is 218 g/mol. The maximum Gasteiger partial charge on any atom is 0.274 e. The highest BCUT2D eigenvalue weighted by atomic mass is 35.5. The van der Waals surface area contributed by atoms with E-state index in [9.17, 15) is 4.79 Å². The van der Waals surface area contributed by atoms with Crippen LogP contribution in [0.1, 0.15) is 10.5 Å². The molecule has 15 heavy (non-hydrogen) atoms. The summed E-state index contributed by atoms with van der Waals surface area (Å²) >= 11 is 5.56. The Kier molecular flexibility index (Phi) is 2.59. The van der Waals surface area contributed by atoms with Crippen LogP contribution < -0.4 is 5.32 Å². The van der Waals surface area contributed by atoms with Gasteiger partial charge in [-0.25, -0.2) is 9.97 Å². The largest absolute Gasteiger partial charge is 0.305 e. The molecule has 76 valence electrons. The third kappa shape index (κ3) is 2.29. The molecule has 2 heterocycles. The molecule has 0 fully saturated rings. The highest BCUT2D eigenvalue weighted by Gasteiger charge is 2.07. The van der Waals surface area contributed by atoms with Gasteiger partial charge in [-0.05, 0) is 23.7 Å². The summed E-state index contributed by atoms with van der Waals surface area (Å²) in [5.74, 6) is 0.0110. The fraction of sp³-hybridized carbons (Fsp3) is 0. The predicted octanol–water partition coefficient (Wildman–Crippen LogP) is 1.11. The second kappa shape index (κ2) is 4.05. The molecule has 2 aromatic heterocycles. The van der Waals surface area contributed by atoms with Crippen molar-refractivity contribution in [2.24, 2.45) is 0 Å². The van der Waals surface area contributed by atoms with E-state index in [1.54, 1.807) is 12.1 Å². The molecule has 7 heteroatoms. The van der Waals surface area contributed by atoms with Crippen molar-refractivity contribution in [3.8, 4) is 0 Å². The summed E-state index contributed by atoms with van der Waals surface area (Å²) in [6, 6.07) is 3.10. The van der Waals surface area contributed by atoms with Crippen molar-refractivity contribution in [2.45, 2.75) is 0 Å². The first-order chi connectivity index (χ1) is 7.25. The number of nitrogens with one attached hydrogen (secondary N) is 2. The zero-order chi connectivity index (χ0) is 10.7. The number of anilines is 1. The number of halogens is 1. The van der Waals surface area contributed by atoms with Crippen LogP contribution >= 0.6 is 11.6 Å². The lowest BCUT2D eigenvalue weighted by Gasteiger charge is -2.01. The zero-order valence-electron chi connectivity index (χ0n) is 7.44. The number of hydrogen-bond acceptors (Lipinski definition) is 4. The van der Waals surface area contributed by atoms with E-state index < -0.39 is 0 Å². The van der Waals surface area contributed by atoms with E-state index in [2.05, 4.69) is 25.5 Å². The normalized spacial score (nSPS) is 9.93. The van der Waals surface area contributed by atoms with Crippen LogP contribution in [0, 0.1) is 0 Å². The summed E-state index contributed by atoms with van der Waals surface area (Å²) in [4.78, 5) is 19.0. The fourth-order valence-electron chi connectivity index (χ4n) is 0.971. The van der Waals surface area contributed by atoms with Gasteiger partial charge in [0.05, 0.1) is 0 Å². The molecule has 0 aliphatic heterocycles. The maximum absolute atomic E-state index is 11.5. The second-order valence-corrected chi connectivity index (χ2v) is 2.97. The molecule has 0 bridgehead atoms. The highest BCUT2D eigenvalue weighted by Crippen LogP contribution is 2.07. The molecule has 2 N–H and O–H groups in total. The van der Waals surface area contributed by atoms with E-state index in [1.165, 1.54) is 12.4 Å².